The Morgan fingerprint density at radius 2 is 1.54 bits per heavy atom. The first-order valence-electron chi connectivity index (χ1n) is 9.63. The molecule has 3 aromatic carbocycles. The Morgan fingerprint density at radius 3 is 2.14 bits per heavy atom. The van der Waals surface area contributed by atoms with Crippen LogP contribution >= 0.6 is 50.7 Å². The number of amides is 1. The van der Waals surface area contributed by atoms with Gasteiger partial charge in [0.2, 0.25) is 15.9 Å². The van der Waals surface area contributed by atoms with Gasteiger partial charge in [0.1, 0.15) is 0 Å². The summed E-state index contributed by atoms with van der Waals surface area (Å²) in [7, 11) is -4.26. The van der Waals surface area contributed by atoms with Gasteiger partial charge in [-0.25, -0.2) is 8.42 Å². The van der Waals surface area contributed by atoms with E-state index < -0.39 is 39.9 Å². The fourth-order valence-electron chi connectivity index (χ4n) is 3.03. The molecule has 5 nitrogen and oxygen atoms in total. The van der Waals surface area contributed by atoms with Crippen LogP contribution in [0.2, 0.25) is 15.1 Å². The zero-order chi connectivity index (χ0) is 26.0. The predicted molar refractivity (Wildman–Crippen MR) is 133 cm³/mol. The molecule has 0 spiro atoms. The molecule has 1 amide bonds. The molecule has 0 aromatic heterocycles. The zero-order valence-electron chi connectivity index (χ0n) is 17.4. The maximum Gasteiger partial charge on any atom is 0.418 e. The van der Waals surface area contributed by atoms with Gasteiger partial charge in [-0.3, -0.25) is 4.79 Å². The largest absolute Gasteiger partial charge is 0.418 e. The van der Waals surface area contributed by atoms with Crippen LogP contribution in [0.15, 0.2) is 70.0 Å². The molecular weight excluding hydrogens is 616 g/mol. The third kappa shape index (κ3) is 7.12. The van der Waals surface area contributed by atoms with E-state index in [0.29, 0.717) is 21.1 Å². The van der Waals surface area contributed by atoms with Crippen molar-refractivity contribution in [3.8, 4) is 0 Å². The van der Waals surface area contributed by atoms with Gasteiger partial charge in [-0.1, -0.05) is 56.8 Å². The highest BCUT2D eigenvalue weighted by molar-refractivity contribution is 9.10. The average Bonchev–Trinajstić information content (AvgIpc) is 2.75. The number of carbonyl (C=O) groups is 1. The lowest BCUT2D eigenvalue weighted by Gasteiger charge is -2.23. The van der Waals surface area contributed by atoms with Crippen LogP contribution in [0.3, 0.4) is 0 Å². The van der Waals surface area contributed by atoms with E-state index in [4.69, 9.17) is 34.8 Å². The minimum absolute atomic E-state index is 0.124. The van der Waals surface area contributed by atoms with Gasteiger partial charge in [-0.15, -0.1) is 0 Å². The average molecular weight is 631 g/mol. The van der Waals surface area contributed by atoms with Crippen molar-refractivity contribution in [2.45, 2.75) is 17.6 Å². The number of alkyl halides is 3. The van der Waals surface area contributed by atoms with Crippen LogP contribution in [0.25, 0.3) is 0 Å². The Bertz CT molecular complexity index is 1350. The van der Waals surface area contributed by atoms with Crippen molar-refractivity contribution in [2.24, 2.45) is 0 Å². The highest BCUT2D eigenvalue weighted by Crippen LogP contribution is 2.36. The number of sulfonamides is 1. The fourth-order valence-corrected chi connectivity index (χ4v) is 5.31. The summed E-state index contributed by atoms with van der Waals surface area (Å²) in [4.78, 5) is 12.6. The van der Waals surface area contributed by atoms with Gasteiger partial charge >= 0.3 is 6.18 Å². The summed E-state index contributed by atoms with van der Waals surface area (Å²) in [6.07, 6.45) is -4.80. The van der Waals surface area contributed by atoms with Crippen molar-refractivity contribution in [1.29, 1.82) is 0 Å². The standard InChI is InChI=1S/C22H15BrCl3F3N2O3S/c23-14-2-6-17(7-3-14)35(33,34)31(11-13-1-4-16(25)10-19(13)26)12-21(32)30-20-8-5-15(24)9-18(20)22(27,28)29/h1-10H,11-12H2,(H,30,32). The maximum atomic E-state index is 13.4. The molecule has 0 unspecified atom stereocenters. The minimum atomic E-state index is -4.80. The number of benzene rings is 3. The van der Waals surface area contributed by atoms with Gasteiger partial charge < -0.3 is 5.32 Å². The van der Waals surface area contributed by atoms with Crippen molar-refractivity contribution in [3.63, 3.8) is 0 Å². The van der Waals surface area contributed by atoms with Gasteiger partial charge in [0.05, 0.1) is 22.7 Å². The maximum absolute atomic E-state index is 13.4. The Hall–Kier alpha value is -1.82. The highest BCUT2D eigenvalue weighted by atomic mass is 79.9. The van der Waals surface area contributed by atoms with E-state index in [9.17, 15) is 26.4 Å². The molecule has 13 heteroatoms. The zero-order valence-corrected chi connectivity index (χ0v) is 22.1. The van der Waals surface area contributed by atoms with Crippen LogP contribution in [0.5, 0.6) is 0 Å². The Balaban J connectivity index is 1.95. The Morgan fingerprint density at radius 1 is 0.943 bits per heavy atom. The van der Waals surface area contributed by atoms with E-state index in [1.807, 2.05) is 0 Å². The fraction of sp³-hybridized carbons (Fsp3) is 0.136. The number of nitrogens with zero attached hydrogens (tertiary/aromatic N) is 1. The van der Waals surface area contributed by atoms with Crippen LogP contribution in [-0.4, -0.2) is 25.2 Å². The molecule has 0 aliphatic carbocycles. The molecule has 186 valence electrons. The minimum Gasteiger partial charge on any atom is -0.324 e. The lowest BCUT2D eigenvalue weighted by molar-refractivity contribution is -0.137. The number of rotatable bonds is 7. The van der Waals surface area contributed by atoms with Gasteiger partial charge in [0, 0.05) is 26.1 Å². The second-order valence-electron chi connectivity index (χ2n) is 7.20. The summed E-state index contributed by atoms with van der Waals surface area (Å²) >= 11 is 21.0. The molecule has 0 saturated heterocycles. The molecule has 3 rings (SSSR count). The summed E-state index contributed by atoms with van der Waals surface area (Å²) in [5, 5.41) is 2.44. The molecule has 0 bridgehead atoms. The van der Waals surface area contributed by atoms with Crippen molar-refractivity contribution in [1.82, 2.24) is 4.31 Å². The molecule has 0 fully saturated rings. The van der Waals surface area contributed by atoms with Gasteiger partial charge in [-0.2, -0.15) is 17.5 Å². The van der Waals surface area contributed by atoms with Crippen molar-refractivity contribution in [2.75, 3.05) is 11.9 Å². The van der Waals surface area contributed by atoms with Crippen molar-refractivity contribution >= 4 is 72.4 Å². The predicted octanol–water partition coefficient (Wildman–Crippen LogP) is 7.26. The smallest absolute Gasteiger partial charge is 0.324 e. The van der Waals surface area contributed by atoms with Crippen LogP contribution < -0.4 is 5.32 Å². The van der Waals surface area contributed by atoms with Gasteiger partial charge in [0.15, 0.2) is 0 Å². The van der Waals surface area contributed by atoms with E-state index in [-0.39, 0.29) is 21.5 Å². The Kier molecular flexibility index (Phi) is 8.77. The monoisotopic (exact) mass is 628 g/mol. The molecule has 0 radical (unpaired) electrons. The number of halogens is 7. The molecule has 35 heavy (non-hydrogen) atoms. The van der Waals surface area contributed by atoms with E-state index in [1.54, 1.807) is 0 Å². The van der Waals surface area contributed by atoms with Crippen LogP contribution in [-0.2, 0) is 27.5 Å². The van der Waals surface area contributed by atoms with Crippen molar-refractivity contribution < 1.29 is 26.4 Å². The summed E-state index contributed by atoms with van der Waals surface area (Å²) in [5.41, 5.74) is -1.38. The second-order valence-corrected chi connectivity index (χ2v) is 11.3. The van der Waals surface area contributed by atoms with E-state index in [0.717, 1.165) is 10.4 Å². The number of carbonyl (C=O) groups excluding carboxylic acids is 1. The quantitative estimate of drug-likeness (QED) is 0.299. The lowest BCUT2D eigenvalue weighted by atomic mass is 10.1. The Labute approximate surface area is 223 Å². The highest BCUT2D eigenvalue weighted by Gasteiger charge is 2.35. The summed E-state index contributed by atoms with van der Waals surface area (Å²) in [6, 6.07) is 12.9. The molecule has 1 N–H and O–H groups in total. The SMILES string of the molecule is O=C(CN(Cc1ccc(Cl)cc1Cl)S(=O)(=O)c1ccc(Br)cc1)Nc1ccc(Cl)cc1C(F)(F)F. The normalized spacial score (nSPS) is 12.1. The first-order valence-corrected chi connectivity index (χ1v) is 13.0. The molecule has 0 aliphatic rings. The molecule has 0 aliphatic heterocycles. The van der Waals surface area contributed by atoms with Crippen molar-refractivity contribution in [3.05, 3.63) is 91.3 Å². The lowest BCUT2D eigenvalue weighted by Crippen LogP contribution is -2.38. The summed E-state index contributed by atoms with van der Waals surface area (Å²) < 4.78 is 68.3. The number of hydrogen-bond acceptors (Lipinski definition) is 3. The summed E-state index contributed by atoms with van der Waals surface area (Å²) in [5.74, 6) is -0.997. The molecule has 3 aromatic rings. The molecule has 0 atom stereocenters. The number of hydrogen-bond donors (Lipinski definition) is 1. The van der Waals surface area contributed by atoms with E-state index >= 15 is 0 Å². The number of nitrogens with one attached hydrogen (secondary N) is 1. The summed E-state index contributed by atoms with van der Waals surface area (Å²) in [6.45, 7) is -1.13. The third-order valence-electron chi connectivity index (χ3n) is 4.69. The van der Waals surface area contributed by atoms with E-state index in [2.05, 4.69) is 21.2 Å². The molecule has 0 heterocycles. The van der Waals surface area contributed by atoms with Crippen LogP contribution in [0, 0.1) is 0 Å². The van der Waals surface area contributed by atoms with Gasteiger partial charge in [0.25, 0.3) is 0 Å². The third-order valence-corrected chi connectivity index (χ3v) is 7.85. The van der Waals surface area contributed by atoms with Gasteiger partial charge in [-0.05, 0) is 60.2 Å². The van der Waals surface area contributed by atoms with Crippen LogP contribution in [0.4, 0.5) is 18.9 Å². The van der Waals surface area contributed by atoms with Crippen LogP contribution in [0.1, 0.15) is 11.1 Å². The van der Waals surface area contributed by atoms with E-state index in [1.165, 1.54) is 48.5 Å². The first-order chi connectivity index (χ1) is 16.3. The molecule has 0 saturated carbocycles. The number of anilines is 1. The second kappa shape index (κ2) is 11.1. The topological polar surface area (TPSA) is 66.5 Å². The first kappa shape index (κ1) is 27.8. The molecular formula is C22H15BrCl3F3N2O3S.